The van der Waals surface area contributed by atoms with Crippen molar-refractivity contribution in [3.8, 4) is 17.6 Å². The zero-order valence-corrected chi connectivity index (χ0v) is 14.5. The monoisotopic (exact) mass is 345 g/mol. The van der Waals surface area contributed by atoms with E-state index >= 15 is 0 Å². The maximum Gasteiger partial charge on any atom is 0.320 e. The molecule has 3 aromatic rings. The molecule has 0 atom stereocenters. The van der Waals surface area contributed by atoms with Crippen molar-refractivity contribution in [2.45, 2.75) is 6.92 Å². The van der Waals surface area contributed by atoms with Crippen molar-refractivity contribution < 1.29 is 9.53 Å². The van der Waals surface area contributed by atoms with Crippen LogP contribution in [0, 0.1) is 18.8 Å². The number of nitrogens with one attached hydrogen (secondary N) is 2. The Hall–Kier alpha value is -3.52. The van der Waals surface area contributed by atoms with Crippen LogP contribution in [0.15, 0.2) is 60.8 Å². The van der Waals surface area contributed by atoms with Crippen LogP contribution in [0.3, 0.4) is 0 Å². The Labute approximate surface area is 152 Å². The number of carbonyl (C=O) groups excluding carboxylic acids is 1. The molecular weight excluding hydrogens is 326 g/mol. The molecule has 0 aliphatic carbocycles. The van der Waals surface area contributed by atoms with Crippen LogP contribution in [0.1, 0.15) is 5.56 Å². The molecule has 2 amide bonds. The van der Waals surface area contributed by atoms with E-state index < -0.39 is 0 Å². The lowest BCUT2D eigenvalue weighted by Crippen LogP contribution is -2.29. The lowest BCUT2D eigenvalue weighted by Gasteiger charge is -2.07. The van der Waals surface area contributed by atoms with Crippen LogP contribution in [-0.4, -0.2) is 24.2 Å². The second-order valence-corrected chi connectivity index (χ2v) is 5.60. The molecule has 0 aliphatic rings. The van der Waals surface area contributed by atoms with Crippen molar-refractivity contribution in [1.29, 1.82) is 0 Å². The number of ether oxygens (including phenoxy) is 1. The van der Waals surface area contributed by atoms with Gasteiger partial charge in [0, 0.05) is 17.3 Å². The molecule has 0 radical (unpaired) electrons. The minimum Gasteiger partial charge on any atom is -0.479 e. The van der Waals surface area contributed by atoms with Crippen molar-refractivity contribution in [3.05, 3.63) is 66.4 Å². The summed E-state index contributed by atoms with van der Waals surface area (Å²) in [6.45, 7) is 2.42. The van der Waals surface area contributed by atoms with Gasteiger partial charge in [-0.3, -0.25) is 4.98 Å². The zero-order chi connectivity index (χ0) is 18.2. The van der Waals surface area contributed by atoms with Crippen LogP contribution in [0.4, 0.5) is 10.5 Å². The standard InChI is InChI=1S/C21H19N3O2/c1-16-8-2-3-11-18(16)24-21(25)23-13-4-5-15-26-19-12-6-9-17-10-7-14-22-20(17)19/h2-3,6-12,14H,13,15H2,1H3,(H2,23,24,25). The largest absolute Gasteiger partial charge is 0.479 e. The summed E-state index contributed by atoms with van der Waals surface area (Å²) in [5.74, 6) is 6.45. The average Bonchev–Trinajstić information content (AvgIpc) is 2.66. The van der Waals surface area contributed by atoms with Crippen molar-refractivity contribution >= 4 is 22.6 Å². The molecule has 0 saturated heterocycles. The lowest BCUT2D eigenvalue weighted by atomic mass is 10.2. The molecule has 130 valence electrons. The Balaban J connectivity index is 1.46. The highest BCUT2D eigenvalue weighted by Gasteiger charge is 2.02. The summed E-state index contributed by atoms with van der Waals surface area (Å²) < 4.78 is 5.67. The number of urea groups is 1. The molecule has 5 nitrogen and oxygen atoms in total. The number of aromatic nitrogens is 1. The third-order valence-electron chi connectivity index (χ3n) is 3.75. The number of para-hydroxylation sites is 2. The summed E-state index contributed by atoms with van der Waals surface area (Å²) in [6.07, 6.45) is 1.73. The van der Waals surface area contributed by atoms with Gasteiger partial charge in [-0.15, -0.1) is 0 Å². The Bertz CT molecular complexity index is 968. The van der Waals surface area contributed by atoms with Crippen molar-refractivity contribution in [3.63, 3.8) is 0 Å². The van der Waals surface area contributed by atoms with E-state index in [9.17, 15) is 4.79 Å². The van der Waals surface area contributed by atoms with Gasteiger partial charge in [0.05, 0.1) is 6.54 Å². The second-order valence-electron chi connectivity index (χ2n) is 5.60. The molecule has 2 aromatic carbocycles. The zero-order valence-electron chi connectivity index (χ0n) is 14.5. The molecule has 0 unspecified atom stereocenters. The highest BCUT2D eigenvalue weighted by Crippen LogP contribution is 2.22. The number of pyridine rings is 1. The number of carbonyl (C=O) groups is 1. The van der Waals surface area contributed by atoms with Crippen LogP contribution in [-0.2, 0) is 0 Å². The molecule has 0 fully saturated rings. The Morgan fingerprint density at radius 3 is 2.81 bits per heavy atom. The van der Waals surface area contributed by atoms with Crippen LogP contribution >= 0.6 is 0 Å². The van der Waals surface area contributed by atoms with Crippen LogP contribution in [0.5, 0.6) is 5.75 Å². The molecule has 0 aliphatic heterocycles. The van der Waals surface area contributed by atoms with Gasteiger partial charge in [-0.1, -0.05) is 48.2 Å². The fourth-order valence-electron chi connectivity index (χ4n) is 2.42. The maximum absolute atomic E-state index is 11.8. The van der Waals surface area contributed by atoms with Gasteiger partial charge in [0.15, 0.2) is 0 Å². The number of nitrogens with zero attached hydrogens (tertiary/aromatic N) is 1. The fourth-order valence-corrected chi connectivity index (χ4v) is 2.42. The first-order valence-electron chi connectivity index (χ1n) is 8.27. The number of fused-ring (bicyclic) bond motifs is 1. The smallest absolute Gasteiger partial charge is 0.320 e. The minimum absolute atomic E-state index is 0.233. The van der Waals surface area contributed by atoms with Gasteiger partial charge in [0.25, 0.3) is 0 Å². The highest BCUT2D eigenvalue weighted by molar-refractivity contribution is 5.90. The van der Waals surface area contributed by atoms with Crippen LogP contribution in [0.2, 0.25) is 0 Å². The Kier molecular flexibility index (Phi) is 5.69. The molecule has 3 rings (SSSR count). The summed E-state index contributed by atoms with van der Waals surface area (Å²) in [6, 6.07) is 17.0. The van der Waals surface area contributed by atoms with E-state index in [2.05, 4.69) is 27.5 Å². The van der Waals surface area contributed by atoms with Gasteiger partial charge < -0.3 is 15.4 Å². The predicted octanol–water partition coefficient (Wildman–Crippen LogP) is 3.75. The topological polar surface area (TPSA) is 63.2 Å². The number of benzene rings is 2. The summed E-state index contributed by atoms with van der Waals surface area (Å²) in [5, 5.41) is 6.51. The Morgan fingerprint density at radius 2 is 1.92 bits per heavy atom. The van der Waals surface area contributed by atoms with Gasteiger partial charge in [-0.2, -0.15) is 0 Å². The third kappa shape index (κ3) is 4.52. The average molecular weight is 345 g/mol. The first-order chi connectivity index (χ1) is 12.7. The molecule has 0 saturated carbocycles. The minimum atomic E-state index is -0.284. The van der Waals surface area contributed by atoms with Gasteiger partial charge >= 0.3 is 6.03 Å². The van der Waals surface area contributed by atoms with E-state index in [4.69, 9.17) is 4.74 Å². The predicted molar refractivity (Wildman–Crippen MR) is 103 cm³/mol. The van der Waals surface area contributed by atoms with Gasteiger partial charge in [-0.25, -0.2) is 4.79 Å². The number of aryl methyl sites for hydroxylation is 1. The van der Waals surface area contributed by atoms with E-state index in [-0.39, 0.29) is 19.2 Å². The third-order valence-corrected chi connectivity index (χ3v) is 3.75. The van der Waals surface area contributed by atoms with Crippen molar-refractivity contribution in [1.82, 2.24) is 10.3 Å². The fraction of sp³-hybridized carbons (Fsp3) is 0.143. The quantitative estimate of drug-likeness (QED) is 0.708. The molecule has 1 aromatic heterocycles. The number of hydrogen-bond donors (Lipinski definition) is 2. The lowest BCUT2D eigenvalue weighted by molar-refractivity contribution is 0.253. The summed E-state index contributed by atoms with van der Waals surface area (Å²) in [7, 11) is 0. The van der Waals surface area contributed by atoms with Crippen molar-refractivity contribution in [2.75, 3.05) is 18.5 Å². The molecule has 0 spiro atoms. The number of hydrogen-bond acceptors (Lipinski definition) is 3. The van der Waals surface area contributed by atoms with E-state index in [0.717, 1.165) is 22.2 Å². The highest BCUT2D eigenvalue weighted by atomic mass is 16.5. The molecule has 0 bridgehead atoms. The first kappa shape index (κ1) is 17.3. The molecule has 1 heterocycles. The molecular formula is C21H19N3O2. The van der Waals surface area contributed by atoms with E-state index in [1.807, 2.05) is 61.5 Å². The molecule has 26 heavy (non-hydrogen) atoms. The summed E-state index contributed by atoms with van der Waals surface area (Å²) in [5.41, 5.74) is 2.60. The van der Waals surface area contributed by atoms with E-state index in [0.29, 0.717) is 5.75 Å². The summed E-state index contributed by atoms with van der Waals surface area (Å²) >= 11 is 0. The van der Waals surface area contributed by atoms with Gasteiger partial charge in [0.2, 0.25) is 0 Å². The SMILES string of the molecule is Cc1ccccc1NC(=O)NCC#CCOc1cccc2cccnc12. The molecule has 2 N–H and O–H groups in total. The maximum atomic E-state index is 11.8. The van der Waals surface area contributed by atoms with E-state index in [1.54, 1.807) is 6.20 Å². The first-order valence-corrected chi connectivity index (χ1v) is 8.27. The normalized spacial score (nSPS) is 9.88. The van der Waals surface area contributed by atoms with Crippen LogP contribution in [0.25, 0.3) is 10.9 Å². The van der Waals surface area contributed by atoms with Gasteiger partial charge in [-0.05, 0) is 30.7 Å². The Morgan fingerprint density at radius 1 is 1.08 bits per heavy atom. The number of rotatable bonds is 4. The van der Waals surface area contributed by atoms with Gasteiger partial charge in [0.1, 0.15) is 17.9 Å². The molecule has 5 heteroatoms. The van der Waals surface area contributed by atoms with Crippen molar-refractivity contribution in [2.24, 2.45) is 0 Å². The second kappa shape index (κ2) is 8.54. The van der Waals surface area contributed by atoms with E-state index in [1.165, 1.54) is 0 Å². The van der Waals surface area contributed by atoms with Crippen LogP contribution < -0.4 is 15.4 Å². The number of anilines is 1. The number of amides is 2. The summed E-state index contributed by atoms with van der Waals surface area (Å²) in [4.78, 5) is 16.2.